The van der Waals surface area contributed by atoms with Crippen molar-refractivity contribution in [2.75, 3.05) is 10.6 Å². The van der Waals surface area contributed by atoms with E-state index >= 15 is 0 Å². The van der Waals surface area contributed by atoms with Gasteiger partial charge in [-0.15, -0.1) is 0 Å². The van der Waals surface area contributed by atoms with Crippen molar-refractivity contribution in [2.24, 2.45) is 5.41 Å². The van der Waals surface area contributed by atoms with Gasteiger partial charge in [0.1, 0.15) is 5.41 Å². The Balaban J connectivity index is 1.68. The molecule has 2 amide bonds. The zero-order valence-corrected chi connectivity index (χ0v) is 13.7. The highest BCUT2D eigenvalue weighted by Crippen LogP contribution is 2.47. The highest BCUT2D eigenvalue weighted by molar-refractivity contribution is 6.16. The number of alkyl halides is 3. The van der Waals surface area contributed by atoms with Crippen LogP contribution in [0.15, 0.2) is 42.5 Å². The summed E-state index contributed by atoms with van der Waals surface area (Å²) >= 11 is 0. The number of anilines is 2. The molecule has 2 N–H and O–H groups in total. The van der Waals surface area contributed by atoms with E-state index in [1.807, 2.05) is 0 Å². The first-order valence-corrected chi connectivity index (χ1v) is 7.87. The molecule has 27 heavy (non-hydrogen) atoms. The molecule has 0 saturated heterocycles. The molecule has 0 spiro atoms. The van der Waals surface area contributed by atoms with E-state index in [2.05, 4.69) is 10.6 Å². The molecule has 1 saturated carbocycles. The number of halogens is 5. The van der Waals surface area contributed by atoms with Gasteiger partial charge in [0.2, 0.25) is 11.8 Å². The molecule has 9 heteroatoms. The second kappa shape index (κ2) is 6.64. The quantitative estimate of drug-likeness (QED) is 0.609. The number of benzene rings is 2. The number of carbonyl (C=O) groups is 2. The predicted octanol–water partition coefficient (Wildman–Crippen LogP) is 4.34. The molecule has 3 rings (SSSR count). The van der Waals surface area contributed by atoms with Crippen LogP contribution in [0.1, 0.15) is 18.4 Å². The van der Waals surface area contributed by atoms with Gasteiger partial charge in [0.05, 0.1) is 5.56 Å². The van der Waals surface area contributed by atoms with E-state index in [0.717, 1.165) is 42.5 Å². The number of hydrogen-bond donors (Lipinski definition) is 2. The summed E-state index contributed by atoms with van der Waals surface area (Å²) in [6, 6.07) is 6.59. The van der Waals surface area contributed by atoms with Gasteiger partial charge in [-0.05, 0) is 49.2 Å². The van der Waals surface area contributed by atoms with Crippen LogP contribution in [-0.2, 0) is 15.8 Å². The zero-order chi connectivity index (χ0) is 19.8. The second-order valence-electron chi connectivity index (χ2n) is 6.19. The summed E-state index contributed by atoms with van der Waals surface area (Å²) in [6.45, 7) is 0. The first kappa shape index (κ1) is 18.8. The SMILES string of the molecule is O=C(Nc1ccc(C(F)(F)F)cc1)C1(C(=O)Nc2ccc(F)c(F)c2)CC1. The molecule has 0 radical (unpaired) electrons. The molecular weight excluding hydrogens is 371 g/mol. The maximum absolute atomic E-state index is 13.2. The minimum Gasteiger partial charge on any atom is -0.325 e. The topological polar surface area (TPSA) is 58.2 Å². The van der Waals surface area contributed by atoms with Crippen LogP contribution in [0.25, 0.3) is 0 Å². The van der Waals surface area contributed by atoms with Crippen LogP contribution >= 0.6 is 0 Å². The Kier molecular flexibility index (Phi) is 4.63. The van der Waals surface area contributed by atoms with Crippen LogP contribution in [0.4, 0.5) is 33.3 Å². The summed E-state index contributed by atoms with van der Waals surface area (Å²) < 4.78 is 63.8. The number of amides is 2. The van der Waals surface area contributed by atoms with E-state index in [0.29, 0.717) is 0 Å². The lowest BCUT2D eigenvalue weighted by Gasteiger charge is -2.16. The fourth-order valence-electron chi connectivity index (χ4n) is 2.50. The number of carbonyl (C=O) groups excluding carboxylic acids is 2. The lowest BCUT2D eigenvalue weighted by molar-refractivity contribution is -0.137. The van der Waals surface area contributed by atoms with Crippen LogP contribution in [-0.4, -0.2) is 11.8 Å². The van der Waals surface area contributed by atoms with Crippen LogP contribution < -0.4 is 10.6 Å². The van der Waals surface area contributed by atoms with Crippen molar-refractivity contribution >= 4 is 23.2 Å². The zero-order valence-electron chi connectivity index (χ0n) is 13.7. The molecule has 0 heterocycles. The Morgan fingerprint density at radius 2 is 1.33 bits per heavy atom. The molecule has 4 nitrogen and oxygen atoms in total. The van der Waals surface area contributed by atoms with Gasteiger partial charge >= 0.3 is 6.18 Å². The summed E-state index contributed by atoms with van der Waals surface area (Å²) in [5, 5.41) is 4.76. The fourth-order valence-corrected chi connectivity index (χ4v) is 2.50. The standard InChI is InChI=1S/C18H13F5N2O2/c19-13-6-5-12(9-14(13)20)25-16(27)17(7-8-17)15(26)24-11-3-1-10(2-4-11)18(21,22)23/h1-6,9H,7-8H2,(H,24,26)(H,25,27). The van der Waals surface area contributed by atoms with Crippen LogP contribution in [0.3, 0.4) is 0 Å². The first-order chi connectivity index (χ1) is 12.6. The average Bonchev–Trinajstić information content (AvgIpc) is 3.40. The minimum atomic E-state index is -4.50. The molecule has 1 fully saturated rings. The summed E-state index contributed by atoms with van der Waals surface area (Å²) in [5.74, 6) is -3.60. The molecular formula is C18H13F5N2O2. The molecule has 0 aliphatic heterocycles. The molecule has 1 aliphatic rings. The van der Waals surface area contributed by atoms with Crippen molar-refractivity contribution in [1.29, 1.82) is 0 Å². The fraction of sp³-hybridized carbons (Fsp3) is 0.222. The lowest BCUT2D eigenvalue weighted by Crippen LogP contribution is -2.35. The third-order valence-electron chi connectivity index (χ3n) is 4.27. The molecule has 2 aromatic carbocycles. The van der Waals surface area contributed by atoms with Crippen molar-refractivity contribution in [3.63, 3.8) is 0 Å². The maximum atomic E-state index is 13.2. The van der Waals surface area contributed by atoms with Gasteiger partial charge in [-0.25, -0.2) is 8.78 Å². The van der Waals surface area contributed by atoms with Gasteiger partial charge in [-0.1, -0.05) is 0 Å². The Bertz CT molecular complexity index is 890. The van der Waals surface area contributed by atoms with Crippen molar-refractivity contribution in [1.82, 2.24) is 0 Å². The van der Waals surface area contributed by atoms with E-state index in [1.54, 1.807) is 0 Å². The molecule has 0 bridgehead atoms. The van der Waals surface area contributed by atoms with Crippen LogP contribution in [0.5, 0.6) is 0 Å². The Morgan fingerprint density at radius 3 is 1.81 bits per heavy atom. The first-order valence-electron chi connectivity index (χ1n) is 7.87. The molecule has 0 aromatic heterocycles. The summed E-state index contributed by atoms with van der Waals surface area (Å²) in [5.41, 5.74) is -2.15. The van der Waals surface area contributed by atoms with E-state index in [4.69, 9.17) is 0 Å². The van der Waals surface area contributed by atoms with Crippen molar-refractivity contribution in [3.8, 4) is 0 Å². The van der Waals surface area contributed by atoms with Gasteiger partial charge in [0.15, 0.2) is 11.6 Å². The average molecular weight is 384 g/mol. The second-order valence-corrected chi connectivity index (χ2v) is 6.19. The number of nitrogens with one attached hydrogen (secondary N) is 2. The normalized spacial score (nSPS) is 15.1. The molecule has 0 atom stereocenters. The van der Waals surface area contributed by atoms with Gasteiger partial charge in [0, 0.05) is 17.4 Å². The molecule has 142 valence electrons. The third kappa shape index (κ3) is 3.91. The molecule has 2 aromatic rings. The Hall–Kier alpha value is -2.97. The van der Waals surface area contributed by atoms with E-state index < -0.39 is 40.6 Å². The van der Waals surface area contributed by atoms with Crippen molar-refractivity contribution < 1.29 is 31.5 Å². The van der Waals surface area contributed by atoms with Crippen molar-refractivity contribution in [2.45, 2.75) is 19.0 Å². The predicted molar refractivity (Wildman–Crippen MR) is 86.7 cm³/mol. The number of rotatable bonds is 4. The van der Waals surface area contributed by atoms with Gasteiger partial charge < -0.3 is 10.6 Å². The maximum Gasteiger partial charge on any atom is 0.416 e. The highest BCUT2D eigenvalue weighted by atomic mass is 19.4. The van der Waals surface area contributed by atoms with E-state index in [1.165, 1.54) is 0 Å². The third-order valence-corrected chi connectivity index (χ3v) is 4.27. The Morgan fingerprint density at radius 1 is 0.815 bits per heavy atom. The summed E-state index contributed by atoms with van der Waals surface area (Å²) in [7, 11) is 0. The minimum absolute atomic E-state index is 0.00694. The molecule has 1 aliphatic carbocycles. The van der Waals surface area contributed by atoms with Crippen LogP contribution in [0, 0.1) is 17.0 Å². The largest absolute Gasteiger partial charge is 0.416 e. The summed E-state index contributed by atoms with van der Waals surface area (Å²) in [6.07, 6.45) is -4.03. The Labute approximate surface area is 150 Å². The number of hydrogen-bond acceptors (Lipinski definition) is 2. The van der Waals surface area contributed by atoms with Crippen LogP contribution in [0.2, 0.25) is 0 Å². The summed E-state index contributed by atoms with van der Waals surface area (Å²) in [4.78, 5) is 24.8. The van der Waals surface area contributed by atoms with Crippen molar-refractivity contribution in [3.05, 3.63) is 59.7 Å². The highest BCUT2D eigenvalue weighted by Gasteiger charge is 2.56. The van der Waals surface area contributed by atoms with E-state index in [9.17, 15) is 31.5 Å². The monoisotopic (exact) mass is 384 g/mol. The smallest absolute Gasteiger partial charge is 0.325 e. The molecule has 0 unspecified atom stereocenters. The van der Waals surface area contributed by atoms with E-state index in [-0.39, 0.29) is 24.2 Å². The van der Waals surface area contributed by atoms with Gasteiger partial charge in [-0.2, -0.15) is 13.2 Å². The van der Waals surface area contributed by atoms with Gasteiger partial charge in [-0.3, -0.25) is 9.59 Å². The van der Waals surface area contributed by atoms with Gasteiger partial charge in [0.25, 0.3) is 0 Å². The lowest BCUT2D eigenvalue weighted by atomic mass is 10.0.